The molecule has 0 saturated carbocycles. The molecule has 0 saturated heterocycles. The molecule has 0 bridgehead atoms. The summed E-state index contributed by atoms with van der Waals surface area (Å²) in [7, 11) is 3.41. The highest BCUT2D eigenvalue weighted by Gasteiger charge is 2.34. The number of rotatable bonds is 5. The van der Waals surface area contributed by atoms with E-state index in [1.54, 1.807) is 61.4 Å². The number of aromatic nitrogens is 2. The highest BCUT2D eigenvalue weighted by Crippen LogP contribution is 2.22. The summed E-state index contributed by atoms with van der Waals surface area (Å²) < 4.78 is 3.02. The molecule has 3 heterocycles. The maximum atomic E-state index is 12.2. The summed E-state index contributed by atoms with van der Waals surface area (Å²) in [6.45, 7) is 0.868. The molecule has 0 atom stereocenters. The van der Waals surface area contributed by atoms with Crippen LogP contribution in [0.15, 0.2) is 70.5 Å². The van der Waals surface area contributed by atoms with Crippen molar-refractivity contribution in [3.05, 3.63) is 104 Å². The van der Waals surface area contributed by atoms with Gasteiger partial charge < -0.3 is 14.9 Å². The van der Waals surface area contributed by atoms with Crippen LogP contribution in [-0.4, -0.2) is 38.9 Å². The number of imide groups is 1. The number of aryl methyl sites for hydroxylation is 2. The number of nitrogens with two attached hydrogens (primary N) is 1. The van der Waals surface area contributed by atoms with Gasteiger partial charge >= 0.3 is 0 Å². The maximum Gasteiger partial charge on any atom is 0.261 e. The molecule has 0 fully saturated rings. The summed E-state index contributed by atoms with van der Waals surface area (Å²) in [5.74, 6) is -0.529. The number of nitrogens with zero attached hydrogens (tertiary/aromatic N) is 3. The van der Waals surface area contributed by atoms with Crippen LogP contribution in [0.2, 0.25) is 0 Å². The van der Waals surface area contributed by atoms with E-state index in [9.17, 15) is 19.2 Å². The average Bonchev–Trinajstić information content (AvgIpc) is 3.02. The Balaban J connectivity index is 0.000000274. The number of pyridine rings is 2. The van der Waals surface area contributed by atoms with E-state index >= 15 is 0 Å². The lowest BCUT2D eigenvalue weighted by Crippen LogP contribution is -2.32. The minimum absolute atomic E-state index is 0. The third-order valence-electron chi connectivity index (χ3n) is 5.27. The fourth-order valence-corrected chi connectivity index (χ4v) is 3.34. The predicted molar refractivity (Wildman–Crippen MR) is 129 cm³/mol. The number of hydrogen-bond donors (Lipinski definition) is 1. The smallest absolute Gasteiger partial charge is 0.261 e. The van der Waals surface area contributed by atoms with Gasteiger partial charge in [0.25, 0.3) is 22.9 Å². The summed E-state index contributed by atoms with van der Waals surface area (Å²) in [6, 6.07) is 13.7. The number of carbonyl (C=O) groups is 2. The first kappa shape index (κ1) is 25.8. The molecule has 4 rings (SSSR count). The number of benzene rings is 1. The number of hydrogen-bond acceptors (Lipinski definition) is 5. The first-order valence-electron chi connectivity index (χ1n) is 10.3. The topological polar surface area (TPSA) is 107 Å². The van der Waals surface area contributed by atoms with Crippen molar-refractivity contribution in [3.63, 3.8) is 0 Å². The second-order valence-corrected chi connectivity index (χ2v) is 7.56. The van der Waals surface area contributed by atoms with Crippen molar-refractivity contribution >= 4 is 24.2 Å². The lowest BCUT2D eigenvalue weighted by molar-refractivity contribution is 0.0656. The molecule has 0 aliphatic carbocycles. The molecule has 1 aromatic carbocycles. The Morgan fingerprint density at radius 1 is 0.727 bits per heavy atom. The second kappa shape index (κ2) is 11.4. The third-order valence-corrected chi connectivity index (χ3v) is 5.27. The van der Waals surface area contributed by atoms with Gasteiger partial charge in [-0.2, -0.15) is 0 Å². The fraction of sp³-hybridized carbons (Fsp3) is 0.250. The number of carbonyl (C=O) groups excluding carboxylic acids is 2. The highest BCUT2D eigenvalue weighted by atomic mass is 35.5. The van der Waals surface area contributed by atoms with E-state index in [1.165, 1.54) is 15.5 Å². The van der Waals surface area contributed by atoms with E-state index in [4.69, 9.17) is 5.73 Å². The lowest BCUT2D eigenvalue weighted by atomic mass is 10.1. The zero-order chi connectivity index (χ0) is 23.3. The molecule has 33 heavy (non-hydrogen) atoms. The van der Waals surface area contributed by atoms with Crippen molar-refractivity contribution in [2.45, 2.75) is 12.8 Å². The van der Waals surface area contributed by atoms with Crippen LogP contribution in [0.3, 0.4) is 0 Å². The van der Waals surface area contributed by atoms with Gasteiger partial charge in [0.2, 0.25) is 0 Å². The largest absolute Gasteiger partial charge is 0.330 e. The maximum absolute atomic E-state index is 12.2. The van der Waals surface area contributed by atoms with Gasteiger partial charge in [-0.3, -0.25) is 24.1 Å². The van der Waals surface area contributed by atoms with Crippen molar-refractivity contribution in [1.29, 1.82) is 0 Å². The molecular formula is C24H27ClN4O4. The predicted octanol–water partition coefficient (Wildman–Crippen LogP) is 1.53. The SMILES string of the molecule is Cl.Cn1ccc(CCN)cc1=O.Cn1ccc(CCN2C(=O)c3ccccc3C2=O)cc1=O. The highest BCUT2D eigenvalue weighted by molar-refractivity contribution is 6.21. The standard InChI is InChI=1S/C16H14N2O3.C8H12N2O.ClH/c1-17-8-6-11(10-14(17)19)7-9-18-15(20)12-4-2-3-5-13(12)16(18)21;1-10-5-3-7(2-4-9)6-8(10)11;/h2-6,8,10H,7,9H2,1H3;3,5-6H,2,4,9H2,1H3;1H. The van der Waals surface area contributed by atoms with E-state index in [1.807, 2.05) is 12.1 Å². The van der Waals surface area contributed by atoms with Crippen LogP contribution in [0.25, 0.3) is 0 Å². The monoisotopic (exact) mass is 470 g/mol. The van der Waals surface area contributed by atoms with Crippen molar-refractivity contribution in [2.24, 2.45) is 19.8 Å². The van der Waals surface area contributed by atoms with E-state index in [0.717, 1.165) is 17.5 Å². The van der Waals surface area contributed by atoms with Gasteiger partial charge in [0, 0.05) is 45.2 Å². The number of amides is 2. The van der Waals surface area contributed by atoms with Gasteiger partial charge in [0.15, 0.2) is 0 Å². The Bertz CT molecular complexity index is 1230. The Kier molecular flexibility index (Phi) is 8.90. The Hall–Kier alpha value is -3.49. The fourth-order valence-electron chi connectivity index (χ4n) is 3.34. The normalized spacial score (nSPS) is 12.0. The molecule has 9 heteroatoms. The van der Waals surface area contributed by atoms with E-state index in [2.05, 4.69) is 0 Å². The van der Waals surface area contributed by atoms with Gasteiger partial charge in [-0.15, -0.1) is 12.4 Å². The molecule has 8 nitrogen and oxygen atoms in total. The summed E-state index contributed by atoms with van der Waals surface area (Å²) in [4.78, 5) is 48.2. The molecule has 1 aliphatic rings. The van der Waals surface area contributed by atoms with E-state index in [0.29, 0.717) is 24.1 Å². The first-order valence-corrected chi connectivity index (χ1v) is 10.3. The molecule has 1 aliphatic heterocycles. The Morgan fingerprint density at radius 2 is 1.18 bits per heavy atom. The zero-order valence-electron chi connectivity index (χ0n) is 18.6. The molecule has 0 unspecified atom stereocenters. The summed E-state index contributed by atoms with van der Waals surface area (Å²) >= 11 is 0. The van der Waals surface area contributed by atoms with Crippen LogP contribution in [0.4, 0.5) is 0 Å². The van der Waals surface area contributed by atoms with Crippen molar-refractivity contribution < 1.29 is 9.59 Å². The molecule has 0 radical (unpaired) electrons. The Morgan fingerprint density at radius 3 is 1.61 bits per heavy atom. The van der Waals surface area contributed by atoms with Gasteiger partial charge in [0.05, 0.1) is 11.1 Å². The minimum Gasteiger partial charge on any atom is -0.330 e. The van der Waals surface area contributed by atoms with Crippen LogP contribution < -0.4 is 16.9 Å². The van der Waals surface area contributed by atoms with Crippen molar-refractivity contribution in [3.8, 4) is 0 Å². The van der Waals surface area contributed by atoms with Crippen molar-refractivity contribution in [1.82, 2.24) is 14.0 Å². The number of halogens is 1. The number of fused-ring (bicyclic) bond motifs is 1. The molecule has 3 aromatic rings. The third kappa shape index (κ3) is 6.06. The summed E-state index contributed by atoms with van der Waals surface area (Å²) in [6.07, 6.45) is 4.69. The van der Waals surface area contributed by atoms with Gasteiger partial charge in [0.1, 0.15) is 0 Å². The van der Waals surface area contributed by atoms with Crippen LogP contribution in [0.5, 0.6) is 0 Å². The summed E-state index contributed by atoms with van der Waals surface area (Å²) in [5, 5.41) is 0. The average molecular weight is 471 g/mol. The molecule has 0 spiro atoms. The zero-order valence-corrected chi connectivity index (χ0v) is 19.4. The Labute approximate surface area is 197 Å². The van der Waals surface area contributed by atoms with Crippen LogP contribution >= 0.6 is 12.4 Å². The van der Waals surface area contributed by atoms with Crippen LogP contribution in [0.1, 0.15) is 31.8 Å². The van der Waals surface area contributed by atoms with Gasteiger partial charge in [-0.25, -0.2) is 0 Å². The first-order chi connectivity index (χ1) is 15.3. The summed E-state index contributed by atoms with van der Waals surface area (Å²) in [5.41, 5.74) is 7.99. The molecular weight excluding hydrogens is 444 g/mol. The molecule has 174 valence electrons. The van der Waals surface area contributed by atoms with E-state index < -0.39 is 0 Å². The van der Waals surface area contributed by atoms with Crippen LogP contribution in [0, 0.1) is 0 Å². The molecule has 2 aromatic heterocycles. The van der Waals surface area contributed by atoms with Gasteiger partial charge in [-0.1, -0.05) is 12.1 Å². The minimum atomic E-state index is -0.264. The van der Waals surface area contributed by atoms with Gasteiger partial charge in [-0.05, 0) is 54.8 Å². The quantitative estimate of drug-likeness (QED) is 0.569. The second-order valence-electron chi connectivity index (χ2n) is 7.56. The molecule has 2 N–H and O–H groups in total. The van der Waals surface area contributed by atoms with Crippen LogP contribution in [-0.2, 0) is 26.9 Å². The van der Waals surface area contributed by atoms with Crippen molar-refractivity contribution in [2.75, 3.05) is 13.1 Å². The van der Waals surface area contributed by atoms with E-state index in [-0.39, 0.29) is 41.9 Å². The molecule has 2 amide bonds. The lowest BCUT2D eigenvalue weighted by Gasteiger charge is -2.13.